The summed E-state index contributed by atoms with van der Waals surface area (Å²) < 4.78 is 4.36. The number of nitrogens with zero attached hydrogens (tertiary/aromatic N) is 2. The van der Waals surface area contributed by atoms with E-state index in [1.807, 2.05) is 6.07 Å². The highest BCUT2D eigenvalue weighted by atomic mass is 15.1. The zero-order chi connectivity index (χ0) is 22.0. The van der Waals surface area contributed by atoms with E-state index in [0.29, 0.717) is 0 Å². The number of benzene rings is 5. The third-order valence-electron chi connectivity index (χ3n) is 6.01. The smallest absolute Gasteiger partial charge is 0.269 e. The summed E-state index contributed by atoms with van der Waals surface area (Å²) in [4.78, 5) is 0. The molecule has 0 N–H and O–H groups in total. The highest BCUT2D eigenvalue weighted by Crippen LogP contribution is 2.36. The average molecular weight is 423 g/mol. The first-order valence-corrected chi connectivity index (χ1v) is 11.1. The van der Waals surface area contributed by atoms with Crippen molar-refractivity contribution in [2.75, 3.05) is 0 Å². The molecule has 33 heavy (non-hydrogen) atoms. The van der Waals surface area contributed by atoms with Crippen LogP contribution in [0.3, 0.4) is 0 Å². The normalized spacial score (nSPS) is 11.0. The Hall–Kier alpha value is -4.43. The molecule has 6 rings (SSSR count). The van der Waals surface area contributed by atoms with Gasteiger partial charge in [0.05, 0.1) is 22.4 Å². The number of hydrogen-bond acceptors (Lipinski definition) is 0. The molecule has 0 aliphatic carbocycles. The lowest BCUT2D eigenvalue weighted by atomic mass is 9.95. The lowest BCUT2D eigenvalue weighted by Crippen LogP contribution is -2.29. The summed E-state index contributed by atoms with van der Waals surface area (Å²) >= 11 is 0. The zero-order valence-electron chi connectivity index (χ0n) is 18.1. The van der Waals surface area contributed by atoms with Gasteiger partial charge in [-0.2, -0.15) is 0 Å². The van der Waals surface area contributed by atoms with E-state index in [4.69, 9.17) is 0 Å². The van der Waals surface area contributed by atoms with E-state index in [-0.39, 0.29) is 0 Å². The molecule has 1 heterocycles. The maximum atomic E-state index is 3.68. The second-order valence-corrected chi connectivity index (χ2v) is 8.03. The van der Waals surface area contributed by atoms with Crippen LogP contribution in [0.5, 0.6) is 0 Å². The molecule has 5 aromatic carbocycles. The maximum absolute atomic E-state index is 3.68. The minimum atomic E-state index is 1.09. The van der Waals surface area contributed by atoms with Gasteiger partial charge in [0.2, 0.25) is 0 Å². The Kier molecular flexibility index (Phi) is 4.82. The number of fused-ring (bicyclic) bond motifs is 1. The standard InChI is InChI=1S/C31H22N2/c1-4-13-24(14-5-1)27-19-12-20-28(25-15-6-2-7-16-25)31(27)33-23-32(26-17-8-3-9-18-26)29-21-10-11-22-30(29)33/h1-22H. The Labute approximate surface area is 193 Å². The number of aromatic nitrogens is 2. The Morgan fingerprint density at radius 2 is 1.00 bits per heavy atom. The Balaban J connectivity index is 1.71. The number of rotatable bonds is 4. The highest BCUT2D eigenvalue weighted by Gasteiger charge is 2.19. The number of imidazole rings is 1. The van der Waals surface area contributed by atoms with Gasteiger partial charge in [-0.3, -0.25) is 9.13 Å². The molecule has 0 atom stereocenters. The molecule has 2 nitrogen and oxygen atoms in total. The van der Waals surface area contributed by atoms with E-state index in [1.54, 1.807) is 0 Å². The zero-order valence-corrected chi connectivity index (χ0v) is 18.1. The van der Waals surface area contributed by atoms with Gasteiger partial charge in [-0.1, -0.05) is 121 Å². The summed E-state index contributed by atoms with van der Waals surface area (Å²) in [5, 5.41) is 0. The SMILES string of the molecule is [c-]1n(-c2c(-c3ccccc3)cccc2-c2ccccc2)c2ccccc2[n+]1-c1ccccc1. The van der Waals surface area contributed by atoms with Crippen LogP contribution in [0.4, 0.5) is 0 Å². The summed E-state index contributed by atoms with van der Waals surface area (Å²) in [5.41, 5.74) is 9.16. The largest absolute Gasteiger partial charge is 0.292 e. The van der Waals surface area contributed by atoms with Crippen molar-refractivity contribution in [3.63, 3.8) is 0 Å². The first kappa shape index (κ1) is 19.3. The molecule has 0 aliphatic rings. The quantitative estimate of drug-likeness (QED) is 0.213. The molecule has 0 bridgehead atoms. The van der Waals surface area contributed by atoms with Gasteiger partial charge in [0.1, 0.15) is 0 Å². The van der Waals surface area contributed by atoms with Gasteiger partial charge in [-0.15, -0.1) is 0 Å². The molecule has 2 heteroatoms. The molecule has 0 spiro atoms. The Bertz CT molecular complexity index is 1470. The van der Waals surface area contributed by atoms with Crippen LogP contribution in [-0.4, -0.2) is 4.57 Å². The van der Waals surface area contributed by atoms with Crippen LogP contribution in [0.25, 0.3) is 44.7 Å². The molecule has 0 amide bonds. The van der Waals surface area contributed by atoms with Crippen molar-refractivity contribution in [2.24, 2.45) is 0 Å². The maximum Gasteiger partial charge on any atom is 0.269 e. The predicted molar refractivity (Wildman–Crippen MR) is 135 cm³/mol. The van der Waals surface area contributed by atoms with E-state index >= 15 is 0 Å². The minimum Gasteiger partial charge on any atom is -0.292 e. The van der Waals surface area contributed by atoms with E-state index in [2.05, 4.69) is 143 Å². The van der Waals surface area contributed by atoms with Crippen molar-refractivity contribution < 1.29 is 4.57 Å². The lowest BCUT2D eigenvalue weighted by molar-refractivity contribution is -0.572. The Morgan fingerprint density at radius 1 is 0.485 bits per heavy atom. The van der Waals surface area contributed by atoms with Crippen LogP contribution in [0, 0.1) is 6.33 Å². The van der Waals surface area contributed by atoms with Crippen molar-refractivity contribution in [3.8, 4) is 33.6 Å². The summed E-state index contributed by atoms with van der Waals surface area (Å²) in [5.74, 6) is 0. The second-order valence-electron chi connectivity index (χ2n) is 8.03. The molecule has 0 unspecified atom stereocenters. The van der Waals surface area contributed by atoms with Crippen LogP contribution in [0.2, 0.25) is 0 Å². The summed E-state index contributed by atoms with van der Waals surface area (Å²) in [6, 6.07) is 46.6. The fourth-order valence-electron chi connectivity index (χ4n) is 4.48. The minimum absolute atomic E-state index is 1.09. The van der Waals surface area contributed by atoms with Gasteiger partial charge >= 0.3 is 0 Å². The highest BCUT2D eigenvalue weighted by molar-refractivity contribution is 5.88. The van der Waals surface area contributed by atoms with Crippen molar-refractivity contribution in [1.29, 1.82) is 0 Å². The fourth-order valence-corrected chi connectivity index (χ4v) is 4.48. The third-order valence-corrected chi connectivity index (χ3v) is 6.01. The Morgan fingerprint density at radius 3 is 1.61 bits per heavy atom. The van der Waals surface area contributed by atoms with Crippen LogP contribution >= 0.6 is 0 Å². The third kappa shape index (κ3) is 3.42. The van der Waals surface area contributed by atoms with E-state index in [1.165, 1.54) is 22.3 Å². The van der Waals surface area contributed by atoms with Crippen molar-refractivity contribution >= 4 is 11.0 Å². The van der Waals surface area contributed by atoms with E-state index in [9.17, 15) is 0 Å². The van der Waals surface area contributed by atoms with Gasteiger partial charge < -0.3 is 0 Å². The monoisotopic (exact) mass is 422 g/mol. The summed E-state index contributed by atoms with van der Waals surface area (Å²) in [6.07, 6.45) is 3.68. The summed E-state index contributed by atoms with van der Waals surface area (Å²) in [7, 11) is 0. The molecule has 6 aromatic rings. The lowest BCUT2D eigenvalue weighted by Gasteiger charge is -2.17. The van der Waals surface area contributed by atoms with Crippen LogP contribution in [-0.2, 0) is 0 Å². The predicted octanol–water partition coefficient (Wildman–Crippen LogP) is 7.04. The number of hydrogen-bond donors (Lipinski definition) is 0. The van der Waals surface area contributed by atoms with Gasteiger partial charge in [0.15, 0.2) is 0 Å². The van der Waals surface area contributed by atoms with Crippen LogP contribution < -0.4 is 4.57 Å². The summed E-state index contributed by atoms with van der Waals surface area (Å²) in [6.45, 7) is 0. The van der Waals surface area contributed by atoms with Gasteiger partial charge in [-0.05, 0) is 34.4 Å². The molecule has 1 aromatic heterocycles. The van der Waals surface area contributed by atoms with E-state index in [0.717, 1.165) is 22.4 Å². The topological polar surface area (TPSA) is 8.81 Å². The van der Waals surface area contributed by atoms with Crippen LogP contribution in [0.15, 0.2) is 133 Å². The molecule has 0 aliphatic heterocycles. The molecule has 0 fully saturated rings. The molecule has 156 valence electrons. The van der Waals surface area contributed by atoms with Gasteiger partial charge in [0.25, 0.3) is 6.33 Å². The second kappa shape index (κ2) is 8.25. The van der Waals surface area contributed by atoms with Crippen LogP contribution in [0.1, 0.15) is 0 Å². The first-order chi connectivity index (χ1) is 16.4. The van der Waals surface area contributed by atoms with E-state index < -0.39 is 0 Å². The molecule has 0 saturated heterocycles. The molecular formula is C31H22N2. The van der Waals surface area contributed by atoms with Gasteiger partial charge in [0, 0.05) is 0 Å². The van der Waals surface area contributed by atoms with Gasteiger partial charge in [-0.25, -0.2) is 0 Å². The average Bonchev–Trinajstić information content (AvgIpc) is 3.29. The van der Waals surface area contributed by atoms with Crippen molar-refractivity contribution in [2.45, 2.75) is 0 Å². The molecule has 0 radical (unpaired) electrons. The fraction of sp³-hybridized carbons (Fsp3) is 0. The first-order valence-electron chi connectivity index (χ1n) is 11.1. The van der Waals surface area contributed by atoms with Crippen molar-refractivity contribution in [3.05, 3.63) is 140 Å². The molecular weight excluding hydrogens is 400 g/mol. The van der Waals surface area contributed by atoms with Crippen molar-refractivity contribution in [1.82, 2.24) is 4.57 Å². The number of para-hydroxylation sites is 4. The molecule has 0 saturated carbocycles.